The van der Waals surface area contributed by atoms with E-state index >= 15 is 0 Å². The van der Waals surface area contributed by atoms with E-state index in [-0.39, 0.29) is 18.1 Å². The fraction of sp³-hybridized carbons (Fsp3) is 0.143. The van der Waals surface area contributed by atoms with Crippen LogP contribution in [-0.2, 0) is 6.54 Å². The highest BCUT2D eigenvalue weighted by Crippen LogP contribution is 2.25. The summed E-state index contributed by atoms with van der Waals surface area (Å²) in [4.78, 5) is 0. The van der Waals surface area contributed by atoms with Crippen LogP contribution in [0, 0.1) is 5.82 Å². The molecule has 2 aromatic rings. The van der Waals surface area contributed by atoms with Gasteiger partial charge in [0, 0.05) is 22.8 Å². The Bertz CT molecular complexity index is 592. The average Bonchev–Trinajstić information content (AvgIpc) is 2.39. The third-order valence-electron chi connectivity index (χ3n) is 2.55. The fourth-order valence-electron chi connectivity index (χ4n) is 1.69. The van der Waals surface area contributed by atoms with E-state index in [4.69, 9.17) is 11.6 Å². The average molecular weight is 302 g/mol. The molecule has 2 rings (SSSR count). The molecule has 2 aromatic carbocycles. The molecule has 0 atom stereocenters. The van der Waals surface area contributed by atoms with Gasteiger partial charge in [-0.1, -0.05) is 17.7 Å². The largest absolute Gasteiger partial charge is 0.434 e. The van der Waals surface area contributed by atoms with E-state index in [2.05, 4.69) is 10.1 Å². The Balaban J connectivity index is 2.13. The van der Waals surface area contributed by atoms with Crippen molar-refractivity contribution >= 4 is 17.3 Å². The molecule has 0 amide bonds. The van der Waals surface area contributed by atoms with Gasteiger partial charge in [-0.2, -0.15) is 8.78 Å². The lowest BCUT2D eigenvalue weighted by atomic mass is 10.2. The Morgan fingerprint density at radius 1 is 1.15 bits per heavy atom. The standard InChI is InChI=1S/C14H11ClF3NO/c15-10-4-5-13(20-14(17)18)9(6-10)8-19-12-3-1-2-11(16)7-12/h1-7,14,19H,8H2. The van der Waals surface area contributed by atoms with Crippen molar-refractivity contribution in [3.63, 3.8) is 0 Å². The van der Waals surface area contributed by atoms with Gasteiger partial charge in [-0.25, -0.2) is 4.39 Å². The predicted octanol–water partition coefficient (Wildman–Crippen LogP) is 4.69. The Morgan fingerprint density at radius 2 is 1.95 bits per heavy atom. The van der Waals surface area contributed by atoms with Crippen molar-refractivity contribution in [2.24, 2.45) is 0 Å². The van der Waals surface area contributed by atoms with Crippen molar-refractivity contribution in [1.82, 2.24) is 0 Å². The van der Waals surface area contributed by atoms with Gasteiger partial charge in [0.1, 0.15) is 11.6 Å². The normalized spacial score (nSPS) is 10.7. The summed E-state index contributed by atoms with van der Waals surface area (Å²) in [5, 5.41) is 3.32. The van der Waals surface area contributed by atoms with Gasteiger partial charge >= 0.3 is 6.61 Å². The summed E-state index contributed by atoms with van der Waals surface area (Å²) >= 11 is 5.83. The van der Waals surface area contributed by atoms with Crippen LogP contribution in [0.4, 0.5) is 18.9 Å². The third kappa shape index (κ3) is 4.06. The van der Waals surface area contributed by atoms with Crippen LogP contribution in [0.1, 0.15) is 5.56 Å². The zero-order valence-corrected chi connectivity index (χ0v) is 11.0. The van der Waals surface area contributed by atoms with Crippen LogP contribution in [-0.4, -0.2) is 6.61 Å². The second kappa shape index (κ2) is 6.52. The number of hydrogen-bond donors (Lipinski definition) is 1. The molecule has 1 N–H and O–H groups in total. The summed E-state index contributed by atoms with van der Waals surface area (Å²) in [6, 6.07) is 10.2. The molecule has 2 nitrogen and oxygen atoms in total. The molecule has 106 valence electrons. The number of nitrogens with one attached hydrogen (secondary N) is 1. The molecule has 0 fully saturated rings. The summed E-state index contributed by atoms with van der Waals surface area (Å²) in [5.74, 6) is -0.349. The Morgan fingerprint density at radius 3 is 2.65 bits per heavy atom. The van der Waals surface area contributed by atoms with Gasteiger partial charge in [0.15, 0.2) is 0 Å². The molecule has 0 heterocycles. The predicted molar refractivity (Wildman–Crippen MR) is 71.8 cm³/mol. The van der Waals surface area contributed by atoms with Crippen molar-refractivity contribution in [1.29, 1.82) is 0 Å². The van der Waals surface area contributed by atoms with Gasteiger partial charge in [-0.05, 0) is 36.4 Å². The van der Waals surface area contributed by atoms with Crippen LogP contribution in [0.3, 0.4) is 0 Å². The monoisotopic (exact) mass is 301 g/mol. The maximum Gasteiger partial charge on any atom is 0.387 e. The van der Waals surface area contributed by atoms with Crippen LogP contribution in [0.15, 0.2) is 42.5 Å². The summed E-state index contributed by atoms with van der Waals surface area (Å²) in [7, 11) is 0. The topological polar surface area (TPSA) is 21.3 Å². The van der Waals surface area contributed by atoms with Gasteiger partial charge in [0.2, 0.25) is 0 Å². The first-order valence-electron chi connectivity index (χ1n) is 5.77. The van der Waals surface area contributed by atoms with E-state index in [0.29, 0.717) is 16.3 Å². The number of anilines is 1. The number of benzene rings is 2. The van der Waals surface area contributed by atoms with Gasteiger partial charge in [0.25, 0.3) is 0 Å². The number of rotatable bonds is 5. The van der Waals surface area contributed by atoms with Crippen LogP contribution in [0.2, 0.25) is 5.02 Å². The highest BCUT2D eigenvalue weighted by molar-refractivity contribution is 6.30. The van der Waals surface area contributed by atoms with Crippen molar-refractivity contribution in [2.75, 3.05) is 5.32 Å². The fourth-order valence-corrected chi connectivity index (χ4v) is 1.89. The van der Waals surface area contributed by atoms with Gasteiger partial charge in [0.05, 0.1) is 0 Å². The number of hydrogen-bond acceptors (Lipinski definition) is 2. The van der Waals surface area contributed by atoms with E-state index < -0.39 is 6.61 Å². The lowest BCUT2D eigenvalue weighted by molar-refractivity contribution is -0.0504. The second-order valence-corrected chi connectivity index (χ2v) is 4.43. The lowest BCUT2D eigenvalue weighted by Crippen LogP contribution is -2.07. The van der Waals surface area contributed by atoms with E-state index in [1.54, 1.807) is 12.1 Å². The zero-order valence-electron chi connectivity index (χ0n) is 10.2. The van der Waals surface area contributed by atoms with Crippen LogP contribution >= 0.6 is 11.6 Å². The van der Waals surface area contributed by atoms with Crippen molar-refractivity contribution in [3.8, 4) is 5.75 Å². The van der Waals surface area contributed by atoms with Gasteiger partial charge < -0.3 is 10.1 Å². The van der Waals surface area contributed by atoms with Gasteiger partial charge in [-0.3, -0.25) is 0 Å². The molecule has 0 aliphatic rings. The van der Waals surface area contributed by atoms with E-state index in [0.717, 1.165) is 0 Å². The van der Waals surface area contributed by atoms with E-state index in [1.165, 1.54) is 30.3 Å². The highest BCUT2D eigenvalue weighted by Gasteiger charge is 2.10. The maximum absolute atomic E-state index is 13.0. The molecule has 0 unspecified atom stereocenters. The molecular weight excluding hydrogens is 291 g/mol. The summed E-state index contributed by atoms with van der Waals surface area (Å²) in [5.41, 5.74) is 0.995. The molecule has 0 aromatic heterocycles. The molecule has 0 saturated heterocycles. The first-order chi connectivity index (χ1) is 9.54. The number of ether oxygens (including phenoxy) is 1. The first-order valence-corrected chi connectivity index (χ1v) is 6.15. The maximum atomic E-state index is 13.0. The summed E-state index contributed by atoms with van der Waals surface area (Å²) in [6.45, 7) is -2.73. The highest BCUT2D eigenvalue weighted by atomic mass is 35.5. The van der Waals surface area contributed by atoms with Gasteiger partial charge in [-0.15, -0.1) is 0 Å². The number of alkyl halides is 2. The quantitative estimate of drug-likeness (QED) is 0.865. The van der Waals surface area contributed by atoms with Crippen LogP contribution in [0.5, 0.6) is 5.75 Å². The molecule has 0 aliphatic carbocycles. The molecule has 0 bridgehead atoms. The minimum absolute atomic E-state index is 0.0355. The minimum atomic E-state index is -2.91. The van der Waals surface area contributed by atoms with Crippen LogP contribution in [0.25, 0.3) is 0 Å². The number of halogens is 4. The molecule has 6 heteroatoms. The molecule has 0 spiro atoms. The molecule has 0 saturated carbocycles. The SMILES string of the molecule is Fc1cccc(NCc2cc(Cl)ccc2OC(F)F)c1. The minimum Gasteiger partial charge on any atom is -0.434 e. The third-order valence-corrected chi connectivity index (χ3v) is 2.78. The zero-order chi connectivity index (χ0) is 14.5. The lowest BCUT2D eigenvalue weighted by Gasteiger charge is -2.12. The summed E-state index contributed by atoms with van der Waals surface area (Å²) in [6.07, 6.45) is 0. The Labute approximate surface area is 119 Å². The van der Waals surface area contributed by atoms with Crippen molar-refractivity contribution in [2.45, 2.75) is 13.2 Å². The molecule has 20 heavy (non-hydrogen) atoms. The van der Waals surface area contributed by atoms with Crippen LogP contribution < -0.4 is 10.1 Å². The summed E-state index contributed by atoms with van der Waals surface area (Å²) < 4.78 is 42.0. The molecular formula is C14H11ClF3NO. The van der Waals surface area contributed by atoms with Crippen molar-refractivity contribution in [3.05, 3.63) is 58.9 Å². The Kier molecular flexibility index (Phi) is 4.74. The van der Waals surface area contributed by atoms with E-state index in [1.807, 2.05) is 0 Å². The van der Waals surface area contributed by atoms with E-state index in [9.17, 15) is 13.2 Å². The molecule has 0 aliphatic heterocycles. The van der Waals surface area contributed by atoms with Crippen molar-refractivity contribution < 1.29 is 17.9 Å². The Hall–Kier alpha value is -1.88. The first kappa shape index (κ1) is 14.5. The smallest absolute Gasteiger partial charge is 0.387 e. The second-order valence-electron chi connectivity index (χ2n) is 3.99. The molecule has 0 radical (unpaired) electrons.